The molecule has 0 aromatic heterocycles. The number of aliphatic carboxylic acids is 1. The number of carbonyl (C=O) groups is 1. The van der Waals surface area contributed by atoms with Gasteiger partial charge < -0.3 is 5.11 Å². The van der Waals surface area contributed by atoms with E-state index < -0.39 is 11.4 Å². The van der Waals surface area contributed by atoms with E-state index in [1.54, 1.807) is 0 Å². The summed E-state index contributed by atoms with van der Waals surface area (Å²) >= 11 is 0. The van der Waals surface area contributed by atoms with E-state index in [4.69, 9.17) is 0 Å². The molecule has 0 spiro atoms. The Morgan fingerprint density at radius 2 is 2.00 bits per heavy atom. The number of aryl methyl sites for hydroxylation is 1. The summed E-state index contributed by atoms with van der Waals surface area (Å²) in [5, 5.41) is 9.38. The van der Waals surface area contributed by atoms with Crippen LogP contribution in [0, 0.1) is 12.8 Å². The summed E-state index contributed by atoms with van der Waals surface area (Å²) in [4.78, 5) is 11.4. The number of benzene rings is 1. The molecule has 1 saturated carbocycles. The molecular weight excluding hydrogens is 188 g/mol. The smallest absolute Gasteiger partial charge is 0.314 e. The molecule has 1 aliphatic carbocycles. The monoisotopic (exact) mass is 204 g/mol. The first-order chi connectivity index (χ1) is 7.06. The molecule has 0 heterocycles. The molecule has 0 bridgehead atoms. The van der Waals surface area contributed by atoms with Crippen molar-refractivity contribution in [2.75, 3.05) is 0 Å². The molecule has 80 valence electrons. The zero-order chi connectivity index (χ0) is 11.1. The average Bonchev–Trinajstić information content (AvgIpc) is 2.13. The third kappa shape index (κ3) is 1.44. The van der Waals surface area contributed by atoms with Crippen LogP contribution in [0.1, 0.15) is 30.9 Å². The lowest BCUT2D eigenvalue weighted by atomic mass is 9.58. The van der Waals surface area contributed by atoms with Crippen molar-refractivity contribution in [3.8, 4) is 0 Å². The molecule has 1 aromatic rings. The SMILES string of the molecule is Cc1ccccc1C1(C(=O)O)CC(C)C1. The van der Waals surface area contributed by atoms with E-state index in [0.29, 0.717) is 5.92 Å². The predicted molar refractivity (Wildman–Crippen MR) is 58.9 cm³/mol. The molecule has 1 aromatic carbocycles. The van der Waals surface area contributed by atoms with Gasteiger partial charge in [-0.3, -0.25) is 4.79 Å². The molecule has 2 nitrogen and oxygen atoms in total. The van der Waals surface area contributed by atoms with Crippen molar-refractivity contribution in [3.05, 3.63) is 35.4 Å². The average molecular weight is 204 g/mol. The van der Waals surface area contributed by atoms with E-state index in [2.05, 4.69) is 6.92 Å². The van der Waals surface area contributed by atoms with Crippen LogP contribution < -0.4 is 0 Å². The van der Waals surface area contributed by atoms with E-state index in [0.717, 1.165) is 24.0 Å². The van der Waals surface area contributed by atoms with Gasteiger partial charge in [-0.1, -0.05) is 31.2 Å². The van der Waals surface area contributed by atoms with Crippen LogP contribution in [0.2, 0.25) is 0 Å². The third-order valence-electron chi connectivity index (χ3n) is 3.46. The molecule has 0 amide bonds. The van der Waals surface area contributed by atoms with Gasteiger partial charge in [-0.25, -0.2) is 0 Å². The van der Waals surface area contributed by atoms with Gasteiger partial charge in [-0.05, 0) is 36.8 Å². The fourth-order valence-corrected chi connectivity index (χ4v) is 2.75. The summed E-state index contributed by atoms with van der Waals surface area (Å²) in [6, 6.07) is 7.82. The Balaban J connectivity index is 2.43. The van der Waals surface area contributed by atoms with Crippen molar-refractivity contribution < 1.29 is 9.90 Å². The van der Waals surface area contributed by atoms with E-state index in [1.807, 2.05) is 31.2 Å². The van der Waals surface area contributed by atoms with Crippen molar-refractivity contribution in [1.29, 1.82) is 0 Å². The highest BCUT2D eigenvalue weighted by Crippen LogP contribution is 2.48. The van der Waals surface area contributed by atoms with E-state index >= 15 is 0 Å². The van der Waals surface area contributed by atoms with Crippen molar-refractivity contribution in [2.24, 2.45) is 5.92 Å². The zero-order valence-electron chi connectivity index (χ0n) is 9.16. The van der Waals surface area contributed by atoms with Gasteiger partial charge in [-0.2, -0.15) is 0 Å². The maximum absolute atomic E-state index is 11.4. The Hall–Kier alpha value is -1.31. The molecule has 0 radical (unpaired) electrons. The second-order valence-electron chi connectivity index (χ2n) is 4.72. The second kappa shape index (κ2) is 3.37. The summed E-state index contributed by atoms with van der Waals surface area (Å²) in [5.74, 6) is -0.143. The van der Waals surface area contributed by atoms with Gasteiger partial charge in [0.15, 0.2) is 0 Å². The van der Waals surface area contributed by atoms with Crippen molar-refractivity contribution in [2.45, 2.75) is 32.1 Å². The highest BCUT2D eigenvalue weighted by atomic mass is 16.4. The van der Waals surface area contributed by atoms with E-state index in [1.165, 1.54) is 0 Å². The lowest BCUT2D eigenvalue weighted by Crippen LogP contribution is -2.47. The van der Waals surface area contributed by atoms with Crippen LogP contribution in [0.25, 0.3) is 0 Å². The van der Waals surface area contributed by atoms with Crippen molar-refractivity contribution >= 4 is 5.97 Å². The molecule has 0 aliphatic heterocycles. The van der Waals surface area contributed by atoms with Gasteiger partial charge in [-0.15, -0.1) is 0 Å². The Kier molecular flexibility index (Phi) is 2.29. The first-order valence-electron chi connectivity index (χ1n) is 5.36. The minimum Gasteiger partial charge on any atom is -0.481 e. The van der Waals surface area contributed by atoms with Crippen LogP contribution in [-0.2, 0) is 10.2 Å². The summed E-state index contributed by atoms with van der Waals surface area (Å²) in [6.07, 6.45) is 1.54. The molecule has 0 atom stereocenters. The highest BCUT2D eigenvalue weighted by Gasteiger charge is 2.50. The van der Waals surface area contributed by atoms with Gasteiger partial charge in [0.25, 0.3) is 0 Å². The zero-order valence-corrected chi connectivity index (χ0v) is 9.16. The molecule has 1 aliphatic rings. The number of hydrogen-bond acceptors (Lipinski definition) is 1. The predicted octanol–water partition coefficient (Wildman–Crippen LogP) is 2.75. The first kappa shape index (κ1) is 10.2. The molecule has 0 saturated heterocycles. The first-order valence-corrected chi connectivity index (χ1v) is 5.36. The lowest BCUT2D eigenvalue weighted by molar-refractivity contribution is -0.149. The minimum atomic E-state index is -0.671. The standard InChI is InChI=1S/C13H16O2/c1-9-7-13(8-9,12(14)15)11-6-4-3-5-10(11)2/h3-6,9H,7-8H2,1-2H3,(H,14,15). The number of hydrogen-bond donors (Lipinski definition) is 1. The summed E-state index contributed by atoms with van der Waals surface area (Å²) in [5.41, 5.74) is 1.48. The van der Waals surface area contributed by atoms with Crippen molar-refractivity contribution in [1.82, 2.24) is 0 Å². The minimum absolute atomic E-state index is 0.528. The van der Waals surface area contributed by atoms with Crippen LogP contribution in [0.3, 0.4) is 0 Å². The van der Waals surface area contributed by atoms with Gasteiger partial charge in [0.1, 0.15) is 0 Å². The fraction of sp³-hybridized carbons (Fsp3) is 0.462. The van der Waals surface area contributed by atoms with Crippen LogP contribution in [0.4, 0.5) is 0 Å². The highest BCUT2D eigenvalue weighted by molar-refractivity contribution is 5.83. The maximum atomic E-state index is 11.4. The quantitative estimate of drug-likeness (QED) is 0.804. The summed E-state index contributed by atoms with van der Waals surface area (Å²) in [6.45, 7) is 4.10. The lowest BCUT2D eigenvalue weighted by Gasteiger charge is -2.44. The number of rotatable bonds is 2. The van der Waals surface area contributed by atoms with Crippen molar-refractivity contribution in [3.63, 3.8) is 0 Å². The topological polar surface area (TPSA) is 37.3 Å². The Bertz CT molecular complexity index is 389. The summed E-state index contributed by atoms with van der Waals surface area (Å²) in [7, 11) is 0. The van der Waals surface area contributed by atoms with Gasteiger partial charge >= 0.3 is 5.97 Å². The summed E-state index contributed by atoms with van der Waals surface area (Å²) < 4.78 is 0. The molecule has 2 rings (SSSR count). The Labute approximate surface area is 89.9 Å². The normalized spacial score (nSPS) is 29.6. The van der Waals surface area contributed by atoms with Crippen LogP contribution in [0.5, 0.6) is 0 Å². The molecule has 1 N–H and O–H groups in total. The molecular formula is C13H16O2. The van der Waals surface area contributed by atoms with Gasteiger partial charge in [0, 0.05) is 0 Å². The fourth-order valence-electron chi connectivity index (χ4n) is 2.75. The maximum Gasteiger partial charge on any atom is 0.314 e. The number of carboxylic acid groups (broad SMARTS) is 1. The van der Waals surface area contributed by atoms with Gasteiger partial charge in [0.2, 0.25) is 0 Å². The molecule has 0 unspecified atom stereocenters. The third-order valence-corrected chi connectivity index (χ3v) is 3.46. The Morgan fingerprint density at radius 3 is 2.47 bits per heavy atom. The van der Waals surface area contributed by atoms with Gasteiger partial charge in [0.05, 0.1) is 5.41 Å². The van der Waals surface area contributed by atoms with Crippen LogP contribution in [-0.4, -0.2) is 11.1 Å². The second-order valence-corrected chi connectivity index (χ2v) is 4.72. The van der Waals surface area contributed by atoms with E-state index in [-0.39, 0.29) is 0 Å². The molecule has 15 heavy (non-hydrogen) atoms. The molecule has 1 fully saturated rings. The van der Waals surface area contributed by atoms with E-state index in [9.17, 15) is 9.90 Å². The van der Waals surface area contributed by atoms with Crippen LogP contribution >= 0.6 is 0 Å². The largest absolute Gasteiger partial charge is 0.481 e. The number of carboxylic acids is 1. The Morgan fingerprint density at radius 1 is 1.40 bits per heavy atom. The molecule has 2 heteroatoms. The van der Waals surface area contributed by atoms with Crippen LogP contribution in [0.15, 0.2) is 24.3 Å².